The molecule has 1 amide bonds. The summed E-state index contributed by atoms with van der Waals surface area (Å²) >= 11 is 0. The number of rotatable bonds is 4. The van der Waals surface area contributed by atoms with E-state index in [4.69, 9.17) is 0 Å². The highest BCUT2D eigenvalue weighted by molar-refractivity contribution is 5.94. The highest BCUT2D eigenvalue weighted by atomic mass is 19.1. The van der Waals surface area contributed by atoms with Crippen molar-refractivity contribution in [2.24, 2.45) is 11.3 Å². The summed E-state index contributed by atoms with van der Waals surface area (Å²) in [4.78, 5) is 23.3. The van der Waals surface area contributed by atoms with Crippen LogP contribution in [-0.2, 0) is 11.2 Å². The Morgan fingerprint density at radius 2 is 1.93 bits per heavy atom. The number of halogens is 1. The summed E-state index contributed by atoms with van der Waals surface area (Å²) in [7, 11) is 0. The molecule has 0 spiro atoms. The number of benzene rings is 2. The van der Waals surface area contributed by atoms with Crippen molar-refractivity contribution in [2.75, 3.05) is 10.6 Å². The molecule has 146 valence electrons. The second-order valence-corrected chi connectivity index (χ2v) is 8.42. The summed E-state index contributed by atoms with van der Waals surface area (Å²) in [5.41, 5.74) is 2.94. The average molecular weight is 382 g/mol. The molecular weight excluding hydrogens is 359 g/mol. The van der Waals surface area contributed by atoms with Gasteiger partial charge < -0.3 is 15.7 Å². The highest BCUT2D eigenvalue weighted by Crippen LogP contribution is 2.45. The van der Waals surface area contributed by atoms with Crippen molar-refractivity contribution >= 4 is 23.3 Å². The topological polar surface area (TPSA) is 78.4 Å². The Kier molecular flexibility index (Phi) is 4.37. The maximum atomic E-state index is 14.2. The normalized spacial score (nSPS) is 20.0. The van der Waals surface area contributed by atoms with Gasteiger partial charge in [0.15, 0.2) is 0 Å². The van der Waals surface area contributed by atoms with E-state index in [0.717, 1.165) is 29.7 Å². The lowest BCUT2D eigenvalue weighted by atomic mass is 9.72. The molecule has 1 heterocycles. The van der Waals surface area contributed by atoms with Crippen molar-refractivity contribution in [1.29, 1.82) is 0 Å². The SMILES string of the molecule is CC1(C)Cc2cc(C(=O)O)ccc2NC1c1ccc(F)c(NC(=O)C2CC2)c1. The third-order valence-corrected chi connectivity index (χ3v) is 5.61. The standard InChI is InChI=1S/C22H23FN2O3/c1-22(2)11-15-9-14(21(27)28)6-8-17(15)24-19(22)13-5-7-16(23)18(10-13)25-20(26)12-3-4-12/h5-10,12,19,24H,3-4,11H2,1-2H3,(H,25,26)(H,27,28). The van der Waals surface area contributed by atoms with E-state index in [9.17, 15) is 19.1 Å². The van der Waals surface area contributed by atoms with E-state index in [1.165, 1.54) is 6.07 Å². The van der Waals surface area contributed by atoms with Crippen LogP contribution in [0.3, 0.4) is 0 Å². The van der Waals surface area contributed by atoms with E-state index in [-0.39, 0.29) is 34.5 Å². The Labute approximate surface area is 163 Å². The molecule has 0 aromatic heterocycles. The van der Waals surface area contributed by atoms with Crippen molar-refractivity contribution in [3.05, 3.63) is 58.9 Å². The van der Waals surface area contributed by atoms with Crippen molar-refractivity contribution in [3.8, 4) is 0 Å². The van der Waals surface area contributed by atoms with Crippen molar-refractivity contribution in [3.63, 3.8) is 0 Å². The van der Waals surface area contributed by atoms with Crippen molar-refractivity contribution in [2.45, 2.75) is 39.2 Å². The smallest absolute Gasteiger partial charge is 0.335 e. The maximum absolute atomic E-state index is 14.2. The number of fused-ring (bicyclic) bond motifs is 1. The van der Waals surface area contributed by atoms with Crippen LogP contribution < -0.4 is 10.6 Å². The molecule has 1 aliphatic heterocycles. The zero-order chi connectivity index (χ0) is 20.1. The minimum Gasteiger partial charge on any atom is -0.478 e. The average Bonchev–Trinajstić information content (AvgIpc) is 3.47. The van der Waals surface area contributed by atoms with Crippen molar-refractivity contribution < 1.29 is 19.1 Å². The Morgan fingerprint density at radius 3 is 2.61 bits per heavy atom. The summed E-state index contributed by atoms with van der Waals surface area (Å²) in [6.07, 6.45) is 2.40. The zero-order valence-electron chi connectivity index (χ0n) is 15.9. The van der Waals surface area contributed by atoms with Crippen LogP contribution in [0.2, 0.25) is 0 Å². The van der Waals surface area contributed by atoms with Crippen LogP contribution in [0.4, 0.5) is 15.8 Å². The number of carboxylic acids is 1. The molecule has 5 nitrogen and oxygen atoms in total. The van der Waals surface area contributed by atoms with Gasteiger partial charge in [0.1, 0.15) is 5.82 Å². The van der Waals surface area contributed by atoms with Gasteiger partial charge in [-0.15, -0.1) is 0 Å². The fourth-order valence-corrected chi connectivity index (χ4v) is 3.89. The number of carbonyl (C=O) groups is 2. The first kappa shape index (κ1) is 18.5. The number of nitrogens with one attached hydrogen (secondary N) is 2. The van der Waals surface area contributed by atoms with E-state index < -0.39 is 11.8 Å². The number of amides is 1. The Bertz CT molecular complexity index is 966. The minimum atomic E-state index is -0.947. The Hall–Kier alpha value is -2.89. The number of anilines is 2. The van der Waals surface area contributed by atoms with E-state index in [0.29, 0.717) is 6.42 Å². The predicted molar refractivity (Wildman–Crippen MR) is 105 cm³/mol. The molecule has 2 aromatic rings. The zero-order valence-corrected chi connectivity index (χ0v) is 15.9. The molecule has 1 fully saturated rings. The molecule has 4 rings (SSSR count). The molecule has 2 aliphatic rings. The maximum Gasteiger partial charge on any atom is 0.335 e. The minimum absolute atomic E-state index is 0.00242. The largest absolute Gasteiger partial charge is 0.478 e. The first-order valence-electron chi connectivity index (χ1n) is 9.48. The molecule has 0 radical (unpaired) electrons. The van der Waals surface area contributed by atoms with Gasteiger partial charge in [0, 0.05) is 11.6 Å². The van der Waals surface area contributed by atoms with Gasteiger partial charge in [-0.2, -0.15) is 0 Å². The monoisotopic (exact) mass is 382 g/mol. The molecular formula is C22H23FN2O3. The van der Waals surface area contributed by atoms with E-state index in [1.54, 1.807) is 30.3 Å². The van der Waals surface area contributed by atoms with Gasteiger partial charge in [-0.25, -0.2) is 9.18 Å². The summed E-state index contributed by atoms with van der Waals surface area (Å²) in [5.74, 6) is -1.52. The molecule has 1 atom stereocenters. The summed E-state index contributed by atoms with van der Waals surface area (Å²) in [6.45, 7) is 4.18. The Morgan fingerprint density at radius 1 is 1.18 bits per heavy atom. The molecule has 2 aromatic carbocycles. The molecule has 1 unspecified atom stereocenters. The third kappa shape index (κ3) is 3.46. The van der Waals surface area contributed by atoms with Gasteiger partial charge in [0.05, 0.1) is 17.3 Å². The molecule has 1 aliphatic carbocycles. The van der Waals surface area contributed by atoms with Crippen LogP contribution in [0.15, 0.2) is 36.4 Å². The van der Waals surface area contributed by atoms with Crippen molar-refractivity contribution in [1.82, 2.24) is 0 Å². The second kappa shape index (κ2) is 6.62. The fraction of sp³-hybridized carbons (Fsp3) is 0.364. The fourth-order valence-electron chi connectivity index (χ4n) is 3.89. The lowest BCUT2D eigenvalue weighted by Crippen LogP contribution is -2.35. The molecule has 28 heavy (non-hydrogen) atoms. The second-order valence-electron chi connectivity index (χ2n) is 8.42. The highest BCUT2D eigenvalue weighted by Gasteiger charge is 2.37. The molecule has 3 N–H and O–H groups in total. The number of aromatic carboxylic acids is 1. The number of hydrogen-bond donors (Lipinski definition) is 3. The van der Waals surface area contributed by atoms with Gasteiger partial charge in [0.2, 0.25) is 5.91 Å². The Balaban J connectivity index is 1.65. The van der Waals surface area contributed by atoms with Gasteiger partial charge >= 0.3 is 5.97 Å². The van der Waals surface area contributed by atoms with Crippen LogP contribution in [0.1, 0.15) is 54.2 Å². The quantitative estimate of drug-likeness (QED) is 0.722. The van der Waals surface area contributed by atoms with Gasteiger partial charge in [-0.05, 0) is 66.1 Å². The molecule has 0 saturated heterocycles. The number of carbonyl (C=O) groups excluding carboxylic acids is 1. The van der Waals surface area contributed by atoms with E-state index in [1.807, 2.05) is 0 Å². The van der Waals surface area contributed by atoms with Crippen LogP contribution in [0, 0.1) is 17.2 Å². The summed E-state index contributed by atoms with van der Waals surface area (Å²) in [6, 6.07) is 9.78. The molecule has 0 bridgehead atoms. The van der Waals surface area contributed by atoms with Crippen LogP contribution >= 0.6 is 0 Å². The number of carboxylic acid groups (broad SMARTS) is 1. The van der Waals surface area contributed by atoms with Crippen LogP contribution in [0.5, 0.6) is 0 Å². The summed E-state index contributed by atoms with van der Waals surface area (Å²) in [5, 5.41) is 15.4. The predicted octanol–water partition coefficient (Wildman–Crippen LogP) is 4.61. The van der Waals surface area contributed by atoms with Gasteiger partial charge in [0.25, 0.3) is 0 Å². The lowest BCUT2D eigenvalue weighted by molar-refractivity contribution is -0.117. The molecule has 6 heteroatoms. The van der Waals surface area contributed by atoms with E-state index in [2.05, 4.69) is 24.5 Å². The van der Waals surface area contributed by atoms with E-state index >= 15 is 0 Å². The van der Waals surface area contributed by atoms with Crippen LogP contribution in [0.25, 0.3) is 0 Å². The number of hydrogen-bond acceptors (Lipinski definition) is 3. The first-order chi connectivity index (χ1) is 13.2. The summed E-state index contributed by atoms with van der Waals surface area (Å²) < 4.78 is 14.2. The molecule has 1 saturated carbocycles. The van der Waals surface area contributed by atoms with Gasteiger partial charge in [-0.3, -0.25) is 4.79 Å². The third-order valence-electron chi connectivity index (χ3n) is 5.61. The first-order valence-corrected chi connectivity index (χ1v) is 9.48. The van der Waals surface area contributed by atoms with Crippen LogP contribution in [-0.4, -0.2) is 17.0 Å². The van der Waals surface area contributed by atoms with Gasteiger partial charge in [-0.1, -0.05) is 19.9 Å². The lowest BCUT2D eigenvalue weighted by Gasteiger charge is -2.41.